The van der Waals surface area contributed by atoms with E-state index in [0.29, 0.717) is 10.6 Å². The van der Waals surface area contributed by atoms with Crippen LogP contribution in [0.4, 0.5) is 10.1 Å². The molecule has 16 heavy (non-hydrogen) atoms. The van der Waals surface area contributed by atoms with E-state index in [1.165, 1.54) is 17.8 Å². The third-order valence-electron chi connectivity index (χ3n) is 2.03. The Kier molecular flexibility index (Phi) is 3.51. The van der Waals surface area contributed by atoms with Gasteiger partial charge in [0.25, 0.3) is 0 Å². The minimum absolute atomic E-state index is 0.227. The van der Waals surface area contributed by atoms with Crippen molar-refractivity contribution < 1.29 is 4.39 Å². The van der Waals surface area contributed by atoms with Gasteiger partial charge in [0.2, 0.25) is 0 Å². The Morgan fingerprint density at radius 3 is 2.50 bits per heavy atom. The fourth-order valence-electron chi connectivity index (χ4n) is 1.26. The van der Waals surface area contributed by atoms with Gasteiger partial charge in [-0.25, -0.2) is 4.39 Å². The maximum absolute atomic E-state index is 13.4. The fourth-order valence-corrected chi connectivity index (χ4v) is 2.50. The van der Waals surface area contributed by atoms with Gasteiger partial charge in [-0.15, -0.1) is 0 Å². The van der Waals surface area contributed by atoms with Crippen LogP contribution in [0.15, 0.2) is 56.7 Å². The molecule has 0 heterocycles. The highest BCUT2D eigenvalue weighted by Crippen LogP contribution is 2.34. The minimum atomic E-state index is -0.227. The van der Waals surface area contributed by atoms with E-state index in [-0.39, 0.29) is 5.82 Å². The summed E-state index contributed by atoms with van der Waals surface area (Å²) in [5.74, 6) is -0.227. The van der Waals surface area contributed by atoms with Gasteiger partial charge in [0.1, 0.15) is 5.82 Å². The molecule has 4 heteroatoms. The summed E-state index contributed by atoms with van der Waals surface area (Å²) >= 11 is 4.66. The smallest absolute Gasteiger partial charge is 0.137 e. The molecule has 0 spiro atoms. The molecule has 2 rings (SSSR count). The number of rotatable bonds is 2. The van der Waals surface area contributed by atoms with Crippen LogP contribution in [0.1, 0.15) is 0 Å². The monoisotopic (exact) mass is 297 g/mol. The number of hydrogen-bond acceptors (Lipinski definition) is 2. The molecule has 82 valence electrons. The summed E-state index contributed by atoms with van der Waals surface area (Å²) in [6.07, 6.45) is 0. The lowest BCUT2D eigenvalue weighted by molar-refractivity contribution is 0.602. The molecule has 1 nitrogen and oxygen atoms in total. The van der Waals surface area contributed by atoms with Gasteiger partial charge in [0.15, 0.2) is 0 Å². The molecular formula is C12H9BrFNS. The first kappa shape index (κ1) is 11.5. The van der Waals surface area contributed by atoms with Gasteiger partial charge in [0.05, 0.1) is 0 Å². The highest BCUT2D eigenvalue weighted by molar-refractivity contribution is 9.10. The van der Waals surface area contributed by atoms with Crippen molar-refractivity contribution in [3.05, 3.63) is 52.8 Å². The van der Waals surface area contributed by atoms with Crippen LogP contribution < -0.4 is 5.73 Å². The van der Waals surface area contributed by atoms with Gasteiger partial charge < -0.3 is 5.73 Å². The topological polar surface area (TPSA) is 26.0 Å². The molecular weight excluding hydrogens is 289 g/mol. The molecule has 2 aromatic rings. The molecule has 0 aliphatic rings. The quantitative estimate of drug-likeness (QED) is 0.836. The number of nitrogens with two attached hydrogens (primary N) is 1. The van der Waals surface area contributed by atoms with Crippen LogP contribution in [0.25, 0.3) is 0 Å². The lowest BCUT2D eigenvalue weighted by Crippen LogP contribution is -1.88. The zero-order valence-corrected chi connectivity index (χ0v) is 10.7. The number of halogens is 2. The molecule has 0 radical (unpaired) electrons. The summed E-state index contributed by atoms with van der Waals surface area (Å²) in [5, 5.41) is 0. The maximum atomic E-state index is 13.4. The van der Waals surface area contributed by atoms with E-state index in [1.54, 1.807) is 18.2 Å². The third-order valence-corrected chi connectivity index (χ3v) is 3.66. The second-order valence-corrected chi connectivity index (χ2v) is 5.21. The van der Waals surface area contributed by atoms with Crippen LogP contribution in [-0.2, 0) is 0 Å². The molecule has 2 aromatic carbocycles. The third kappa shape index (κ3) is 2.57. The molecule has 2 N–H and O–H groups in total. The molecule has 0 saturated heterocycles. The number of benzene rings is 2. The first-order valence-corrected chi connectivity index (χ1v) is 6.25. The minimum Gasteiger partial charge on any atom is -0.398 e. The van der Waals surface area contributed by atoms with E-state index in [1.807, 2.05) is 18.2 Å². The summed E-state index contributed by atoms with van der Waals surface area (Å²) in [7, 11) is 0. The SMILES string of the molecule is Nc1cc(Br)ccc1Sc1ccccc1F. The average molecular weight is 298 g/mol. The standard InChI is InChI=1S/C12H9BrFNS/c13-8-5-6-12(10(15)7-8)16-11-4-2-1-3-9(11)14/h1-7H,15H2. The molecule has 0 aliphatic heterocycles. The van der Waals surface area contributed by atoms with E-state index in [2.05, 4.69) is 15.9 Å². The van der Waals surface area contributed by atoms with Crippen molar-refractivity contribution in [3.63, 3.8) is 0 Å². The lowest BCUT2D eigenvalue weighted by atomic mass is 10.3. The van der Waals surface area contributed by atoms with Crippen LogP contribution in [0.5, 0.6) is 0 Å². The maximum Gasteiger partial charge on any atom is 0.137 e. The molecule has 0 bridgehead atoms. The van der Waals surface area contributed by atoms with Gasteiger partial charge in [-0.2, -0.15) is 0 Å². The van der Waals surface area contributed by atoms with E-state index < -0.39 is 0 Å². The molecule has 0 aliphatic carbocycles. The van der Waals surface area contributed by atoms with Crippen molar-refractivity contribution in [3.8, 4) is 0 Å². The average Bonchev–Trinajstić information content (AvgIpc) is 2.25. The molecule has 0 atom stereocenters. The Balaban J connectivity index is 2.31. The Morgan fingerprint density at radius 2 is 1.81 bits per heavy atom. The first-order chi connectivity index (χ1) is 7.66. The molecule has 0 saturated carbocycles. The fraction of sp³-hybridized carbons (Fsp3) is 0. The lowest BCUT2D eigenvalue weighted by Gasteiger charge is -2.06. The highest BCUT2D eigenvalue weighted by Gasteiger charge is 2.06. The number of hydrogen-bond donors (Lipinski definition) is 1. The van der Waals surface area contributed by atoms with Crippen LogP contribution in [0, 0.1) is 5.82 Å². The number of nitrogen functional groups attached to an aromatic ring is 1. The zero-order valence-electron chi connectivity index (χ0n) is 8.28. The van der Waals surface area contributed by atoms with Crippen molar-refractivity contribution >= 4 is 33.4 Å². The van der Waals surface area contributed by atoms with Gasteiger partial charge in [0, 0.05) is 20.0 Å². The van der Waals surface area contributed by atoms with Gasteiger partial charge >= 0.3 is 0 Å². The summed E-state index contributed by atoms with van der Waals surface area (Å²) in [6.45, 7) is 0. The van der Waals surface area contributed by atoms with Crippen molar-refractivity contribution in [2.24, 2.45) is 0 Å². The zero-order chi connectivity index (χ0) is 11.5. The van der Waals surface area contributed by atoms with Crippen molar-refractivity contribution in [1.29, 1.82) is 0 Å². The highest BCUT2D eigenvalue weighted by atomic mass is 79.9. The second-order valence-electron chi connectivity index (χ2n) is 3.21. The molecule has 0 fully saturated rings. The number of anilines is 1. The largest absolute Gasteiger partial charge is 0.398 e. The predicted molar refractivity (Wildman–Crippen MR) is 69.1 cm³/mol. The van der Waals surface area contributed by atoms with E-state index in [9.17, 15) is 4.39 Å². The summed E-state index contributed by atoms with van der Waals surface area (Å²) < 4.78 is 14.3. The summed E-state index contributed by atoms with van der Waals surface area (Å²) in [5.41, 5.74) is 6.49. The Hall–Kier alpha value is -1.00. The van der Waals surface area contributed by atoms with Gasteiger partial charge in [-0.3, -0.25) is 0 Å². The van der Waals surface area contributed by atoms with E-state index in [4.69, 9.17) is 5.73 Å². The van der Waals surface area contributed by atoms with Gasteiger partial charge in [-0.1, -0.05) is 39.8 Å². The summed E-state index contributed by atoms with van der Waals surface area (Å²) in [4.78, 5) is 1.44. The van der Waals surface area contributed by atoms with Gasteiger partial charge in [-0.05, 0) is 30.3 Å². The van der Waals surface area contributed by atoms with Crippen LogP contribution in [-0.4, -0.2) is 0 Å². The van der Waals surface area contributed by atoms with E-state index >= 15 is 0 Å². The van der Waals surface area contributed by atoms with Crippen molar-refractivity contribution in [1.82, 2.24) is 0 Å². The Morgan fingerprint density at radius 1 is 1.06 bits per heavy atom. The molecule has 0 amide bonds. The Bertz CT molecular complexity index is 516. The van der Waals surface area contributed by atoms with Crippen LogP contribution >= 0.6 is 27.7 Å². The van der Waals surface area contributed by atoms with Crippen LogP contribution in [0.2, 0.25) is 0 Å². The second kappa shape index (κ2) is 4.89. The first-order valence-electron chi connectivity index (χ1n) is 4.64. The predicted octanol–water partition coefficient (Wildman–Crippen LogP) is 4.32. The van der Waals surface area contributed by atoms with Crippen molar-refractivity contribution in [2.75, 3.05) is 5.73 Å². The Labute approximate surface area is 106 Å². The van der Waals surface area contributed by atoms with Crippen LogP contribution in [0.3, 0.4) is 0 Å². The summed E-state index contributed by atoms with van der Waals surface area (Å²) in [6, 6.07) is 12.2. The molecule has 0 unspecified atom stereocenters. The molecule has 0 aromatic heterocycles. The van der Waals surface area contributed by atoms with Crippen molar-refractivity contribution in [2.45, 2.75) is 9.79 Å². The normalized spacial score (nSPS) is 10.4. The van der Waals surface area contributed by atoms with E-state index in [0.717, 1.165) is 9.37 Å².